The third kappa shape index (κ3) is 3.47. The van der Waals surface area contributed by atoms with Crippen molar-refractivity contribution in [3.05, 3.63) is 35.7 Å². The lowest BCUT2D eigenvalue weighted by molar-refractivity contribution is -0.146. The molecule has 3 heterocycles. The summed E-state index contributed by atoms with van der Waals surface area (Å²) in [7, 11) is 0. The SMILES string of the molecule is CC1=C(C(=O)N2CCC(C(=O)Nc3ccncc3)CC2)C(=O)OC1(C)C. The number of anilines is 1. The largest absolute Gasteiger partial charge is 0.451 e. The lowest BCUT2D eigenvalue weighted by Gasteiger charge is -2.31. The van der Waals surface area contributed by atoms with Gasteiger partial charge in [0.05, 0.1) is 0 Å². The first-order valence-electron chi connectivity index (χ1n) is 8.74. The van der Waals surface area contributed by atoms with Gasteiger partial charge in [-0.25, -0.2) is 4.79 Å². The number of rotatable bonds is 3. The van der Waals surface area contributed by atoms with Crippen LogP contribution in [0, 0.1) is 5.92 Å². The Labute approximate surface area is 152 Å². The highest BCUT2D eigenvalue weighted by atomic mass is 16.6. The fraction of sp³-hybridized carbons (Fsp3) is 0.474. The van der Waals surface area contributed by atoms with Crippen molar-refractivity contribution in [1.29, 1.82) is 0 Å². The first kappa shape index (κ1) is 18.1. The van der Waals surface area contributed by atoms with Gasteiger partial charge in [-0.05, 0) is 51.3 Å². The lowest BCUT2D eigenvalue weighted by atomic mass is 9.93. The number of nitrogens with one attached hydrogen (secondary N) is 1. The molecule has 2 aliphatic heterocycles. The van der Waals surface area contributed by atoms with Crippen molar-refractivity contribution >= 4 is 23.5 Å². The standard InChI is InChI=1S/C19H23N3O4/c1-12-15(18(25)26-19(12,2)3)17(24)22-10-6-13(7-11-22)16(23)21-14-4-8-20-9-5-14/h4-5,8-9,13H,6-7,10-11H2,1-3H3,(H,20,21,23). The molecule has 138 valence electrons. The molecule has 0 radical (unpaired) electrons. The van der Waals surface area contributed by atoms with Crippen LogP contribution in [0.15, 0.2) is 35.7 Å². The number of likely N-dealkylation sites (tertiary alicyclic amines) is 1. The quantitative estimate of drug-likeness (QED) is 0.659. The van der Waals surface area contributed by atoms with E-state index in [0.717, 1.165) is 0 Å². The highest BCUT2D eigenvalue weighted by Crippen LogP contribution is 2.33. The van der Waals surface area contributed by atoms with E-state index >= 15 is 0 Å². The number of esters is 1. The molecular weight excluding hydrogens is 334 g/mol. The molecule has 0 saturated carbocycles. The van der Waals surface area contributed by atoms with Gasteiger partial charge in [0.15, 0.2) is 0 Å². The number of carbonyl (C=O) groups is 3. The zero-order valence-electron chi connectivity index (χ0n) is 15.2. The van der Waals surface area contributed by atoms with Crippen LogP contribution in [0.4, 0.5) is 5.69 Å². The highest BCUT2D eigenvalue weighted by Gasteiger charge is 2.43. The van der Waals surface area contributed by atoms with Gasteiger partial charge >= 0.3 is 5.97 Å². The Balaban J connectivity index is 1.60. The topological polar surface area (TPSA) is 88.6 Å². The Bertz CT molecular complexity index is 762. The van der Waals surface area contributed by atoms with Crippen molar-refractivity contribution in [2.75, 3.05) is 18.4 Å². The van der Waals surface area contributed by atoms with Gasteiger partial charge < -0.3 is 15.0 Å². The third-order valence-electron chi connectivity index (χ3n) is 5.14. The van der Waals surface area contributed by atoms with Crippen LogP contribution in [0.2, 0.25) is 0 Å². The molecule has 1 saturated heterocycles. The molecule has 7 heteroatoms. The second-order valence-electron chi connectivity index (χ2n) is 7.19. The van der Waals surface area contributed by atoms with Crippen LogP contribution in [0.25, 0.3) is 0 Å². The molecule has 7 nitrogen and oxygen atoms in total. The summed E-state index contributed by atoms with van der Waals surface area (Å²) in [6.07, 6.45) is 4.37. The summed E-state index contributed by atoms with van der Waals surface area (Å²) in [6, 6.07) is 3.47. The fourth-order valence-corrected chi connectivity index (χ4v) is 3.24. The Morgan fingerprint density at radius 2 is 1.85 bits per heavy atom. The third-order valence-corrected chi connectivity index (χ3v) is 5.14. The summed E-state index contributed by atoms with van der Waals surface area (Å²) >= 11 is 0. The first-order valence-corrected chi connectivity index (χ1v) is 8.74. The predicted molar refractivity (Wildman–Crippen MR) is 95.0 cm³/mol. The number of carbonyl (C=O) groups excluding carboxylic acids is 3. The van der Waals surface area contributed by atoms with Crippen molar-refractivity contribution in [3.63, 3.8) is 0 Å². The number of aromatic nitrogens is 1. The number of ether oxygens (including phenoxy) is 1. The van der Waals surface area contributed by atoms with Crippen LogP contribution in [0.5, 0.6) is 0 Å². The normalized spacial score (nSPS) is 20.1. The van der Waals surface area contributed by atoms with Crippen molar-refractivity contribution in [2.45, 2.75) is 39.2 Å². The number of piperidine rings is 1. The van der Waals surface area contributed by atoms with Gasteiger partial charge in [-0.3, -0.25) is 14.6 Å². The number of pyridine rings is 1. The zero-order valence-corrected chi connectivity index (χ0v) is 15.2. The maximum Gasteiger partial charge on any atom is 0.344 e. The van der Waals surface area contributed by atoms with Gasteiger partial charge in [0.1, 0.15) is 11.2 Å². The van der Waals surface area contributed by atoms with Gasteiger partial charge in [-0.2, -0.15) is 0 Å². The van der Waals surface area contributed by atoms with Crippen LogP contribution in [-0.2, 0) is 19.1 Å². The minimum Gasteiger partial charge on any atom is -0.451 e. The summed E-state index contributed by atoms with van der Waals surface area (Å²) in [5.74, 6) is -1.07. The van der Waals surface area contributed by atoms with Crippen LogP contribution in [0.3, 0.4) is 0 Å². The van der Waals surface area contributed by atoms with Crippen molar-refractivity contribution in [1.82, 2.24) is 9.88 Å². The molecule has 0 aliphatic carbocycles. The molecule has 1 fully saturated rings. The van der Waals surface area contributed by atoms with E-state index in [4.69, 9.17) is 4.74 Å². The number of cyclic esters (lactones) is 1. The fourth-order valence-electron chi connectivity index (χ4n) is 3.24. The molecule has 1 aromatic rings. The van der Waals surface area contributed by atoms with Crippen molar-refractivity contribution < 1.29 is 19.1 Å². The molecular formula is C19H23N3O4. The van der Waals surface area contributed by atoms with Crippen molar-refractivity contribution in [3.8, 4) is 0 Å². The summed E-state index contributed by atoms with van der Waals surface area (Å²) in [5, 5.41) is 2.87. The summed E-state index contributed by atoms with van der Waals surface area (Å²) in [5.41, 5.74) is 0.755. The molecule has 0 aromatic carbocycles. The van der Waals surface area contributed by atoms with E-state index in [1.54, 1.807) is 50.2 Å². The van der Waals surface area contributed by atoms with E-state index in [2.05, 4.69) is 10.3 Å². The zero-order chi connectivity index (χ0) is 18.9. The first-order chi connectivity index (χ1) is 12.3. The molecule has 1 aromatic heterocycles. The van der Waals surface area contributed by atoms with Gasteiger partial charge in [-0.15, -0.1) is 0 Å². The Hall–Kier alpha value is -2.70. The van der Waals surface area contributed by atoms with Crippen LogP contribution in [0.1, 0.15) is 33.6 Å². The van der Waals surface area contributed by atoms with Crippen molar-refractivity contribution in [2.24, 2.45) is 5.92 Å². The molecule has 0 atom stereocenters. The molecule has 0 bridgehead atoms. The van der Waals surface area contributed by atoms with Gasteiger partial charge in [0.2, 0.25) is 5.91 Å². The Kier molecular flexibility index (Phi) is 4.80. The van der Waals surface area contributed by atoms with E-state index in [1.807, 2.05) is 0 Å². The highest BCUT2D eigenvalue weighted by molar-refractivity contribution is 6.18. The molecule has 2 amide bonds. The molecule has 0 unspecified atom stereocenters. The van der Waals surface area contributed by atoms with E-state index in [-0.39, 0.29) is 23.3 Å². The van der Waals surface area contributed by atoms with Crippen LogP contribution in [-0.4, -0.2) is 46.4 Å². The summed E-state index contributed by atoms with van der Waals surface area (Å²) < 4.78 is 5.28. The average Bonchev–Trinajstić information content (AvgIpc) is 2.82. The monoisotopic (exact) mass is 357 g/mol. The van der Waals surface area contributed by atoms with Gasteiger partial charge in [-0.1, -0.05) is 0 Å². The minimum absolute atomic E-state index is 0.0555. The molecule has 3 rings (SSSR count). The van der Waals surface area contributed by atoms with Crippen LogP contribution < -0.4 is 5.32 Å². The summed E-state index contributed by atoms with van der Waals surface area (Å²) in [4.78, 5) is 42.7. The van der Waals surface area contributed by atoms with E-state index in [9.17, 15) is 14.4 Å². The maximum atomic E-state index is 12.7. The van der Waals surface area contributed by atoms with E-state index < -0.39 is 11.6 Å². The molecule has 0 spiro atoms. The molecule has 1 N–H and O–H groups in total. The Morgan fingerprint density at radius 3 is 2.38 bits per heavy atom. The predicted octanol–water partition coefficient (Wildman–Crippen LogP) is 1.91. The Morgan fingerprint density at radius 1 is 1.23 bits per heavy atom. The number of hydrogen-bond acceptors (Lipinski definition) is 5. The van der Waals surface area contributed by atoms with Gasteiger partial charge in [0, 0.05) is 37.1 Å². The van der Waals surface area contributed by atoms with Gasteiger partial charge in [0.25, 0.3) is 5.91 Å². The molecule has 26 heavy (non-hydrogen) atoms. The smallest absolute Gasteiger partial charge is 0.344 e. The average molecular weight is 357 g/mol. The maximum absolute atomic E-state index is 12.7. The molecule has 2 aliphatic rings. The lowest BCUT2D eigenvalue weighted by Crippen LogP contribution is -2.42. The number of nitrogens with zero attached hydrogens (tertiary/aromatic N) is 2. The number of amides is 2. The number of hydrogen-bond donors (Lipinski definition) is 1. The van der Waals surface area contributed by atoms with E-state index in [1.165, 1.54) is 0 Å². The van der Waals surface area contributed by atoms with E-state index in [0.29, 0.717) is 37.2 Å². The van der Waals surface area contributed by atoms with Crippen LogP contribution >= 0.6 is 0 Å². The second kappa shape index (κ2) is 6.90. The second-order valence-corrected chi connectivity index (χ2v) is 7.19. The summed E-state index contributed by atoms with van der Waals surface area (Å²) in [6.45, 7) is 6.19. The minimum atomic E-state index is -0.745.